The molecule has 0 saturated heterocycles. The van der Waals surface area contributed by atoms with Crippen LogP contribution in [-0.2, 0) is 10.0 Å². The van der Waals surface area contributed by atoms with Gasteiger partial charge in [-0.3, -0.25) is 5.10 Å². The van der Waals surface area contributed by atoms with Crippen molar-refractivity contribution in [2.24, 2.45) is 11.7 Å². The zero-order chi connectivity index (χ0) is 12.2. The predicted molar refractivity (Wildman–Crippen MR) is 61.2 cm³/mol. The van der Waals surface area contributed by atoms with E-state index in [1.807, 2.05) is 6.92 Å². The Morgan fingerprint density at radius 2 is 2.31 bits per heavy atom. The molecule has 1 unspecified atom stereocenters. The van der Waals surface area contributed by atoms with Crippen LogP contribution >= 0.6 is 0 Å². The molecular formula is C9H18N4O2S. The number of nitrogens with one attached hydrogen (secondary N) is 1. The van der Waals surface area contributed by atoms with Crippen LogP contribution in [0.3, 0.4) is 0 Å². The molecule has 92 valence electrons. The van der Waals surface area contributed by atoms with Crippen molar-refractivity contribution in [2.45, 2.75) is 18.7 Å². The van der Waals surface area contributed by atoms with E-state index in [9.17, 15) is 8.42 Å². The predicted octanol–water partition coefficient (Wildman–Crippen LogP) is 0.0151. The zero-order valence-electron chi connectivity index (χ0n) is 9.55. The molecule has 6 nitrogen and oxygen atoms in total. The molecule has 0 bridgehead atoms. The lowest BCUT2D eigenvalue weighted by atomic mass is 10.2. The highest BCUT2D eigenvalue weighted by molar-refractivity contribution is 7.89. The molecule has 0 aliphatic rings. The quantitative estimate of drug-likeness (QED) is 0.740. The van der Waals surface area contributed by atoms with E-state index in [0.29, 0.717) is 19.6 Å². The van der Waals surface area contributed by atoms with Crippen LogP contribution in [0, 0.1) is 5.92 Å². The molecule has 0 spiro atoms. The molecule has 1 atom stereocenters. The Kier molecular flexibility index (Phi) is 4.45. The second-order valence-corrected chi connectivity index (χ2v) is 5.67. The Morgan fingerprint density at radius 1 is 1.62 bits per heavy atom. The van der Waals surface area contributed by atoms with Gasteiger partial charge in [-0.15, -0.1) is 0 Å². The summed E-state index contributed by atoms with van der Waals surface area (Å²) in [7, 11) is -3.43. The lowest BCUT2D eigenvalue weighted by Gasteiger charge is -2.22. The van der Waals surface area contributed by atoms with Crippen molar-refractivity contribution < 1.29 is 8.42 Å². The molecule has 0 radical (unpaired) electrons. The van der Waals surface area contributed by atoms with Crippen molar-refractivity contribution >= 4 is 10.0 Å². The van der Waals surface area contributed by atoms with Gasteiger partial charge in [-0.2, -0.15) is 9.40 Å². The van der Waals surface area contributed by atoms with Crippen LogP contribution in [0.5, 0.6) is 0 Å². The van der Waals surface area contributed by atoms with Gasteiger partial charge in [0, 0.05) is 19.3 Å². The Bertz CT molecular complexity index is 401. The third-order valence-electron chi connectivity index (χ3n) is 2.38. The van der Waals surface area contributed by atoms with Crippen molar-refractivity contribution in [1.82, 2.24) is 14.5 Å². The summed E-state index contributed by atoms with van der Waals surface area (Å²) in [5.74, 6) is 0.140. The molecule has 7 heteroatoms. The van der Waals surface area contributed by atoms with E-state index >= 15 is 0 Å². The molecule has 0 amide bonds. The number of rotatable bonds is 6. The fourth-order valence-corrected chi connectivity index (χ4v) is 2.82. The molecule has 0 aliphatic carbocycles. The Morgan fingerprint density at radius 3 is 2.75 bits per heavy atom. The Labute approximate surface area is 95.9 Å². The van der Waals surface area contributed by atoms with E-state index < -0.39 is 10.0 Å². The molecule has 1 heterocycles. The van der Waals surface area contributed by atoms with Crippen LogP contribution in [0.2, 0.25) is 0 Å². The number of nitrogens with zero attached hydrogens (tertiary/aromatic N) is 2. The van der Waals surface area contributed by atoms with Crippen molar-refractivity contribution in [2.75, 3.05) is 19.6 Å². The van der Waals surface area contributed by atoms with Gasteiger partial charge < -0.3 is 5.73 Å². The third-order valence-corrected chi connectivity index (χ3v) is 4.29. The van der Waals surface area contributed by atoms with E-state index in [0.717, 1.165) is 0 Å². The van der Waals surface area contributed by atoms with Gasteiger partial charge in [0.2, 0.25) is 10.0 Å². The van der Waals surface area contributed by atoms with Gasteiger partial charge >= 0.3 is 0 Å². The molecule has 0 aromatic carbocycles. The standard InChI is InChI=1S/C9H18N4O2S/c1-3-13(7-8(2)4-10)16(14,15)9-5-11-12-6-9/h5-6,8H,3-4,7,10H2,1-2H3,(H,11,12). The summed E-state index contributed by atoms with van der Waals surface area (Å²) in [6.07, 6.45) is 2.69. The Hall–Kier alpha value is -0.920. The minimum Gasteiger partial charge on any atom is -0.330 e. The summed E-state index contributed by atoms with van der Waals surface area (Å²) >= 11 is 0. The lowest BCUT2D eigenvalue weighted by Crippen LogP contribution is -2.36. The molecule has 0 fully saturated rings. The van der Waals surface area contributed by atoms with Crippen LogP contribution < -0.4 is 5.73 Å². The highest BCUT2D eigenvalue weighted by atomic mass is 32.2. The van der Waals surface area contributed by atoms with Crippen molar-refractivity contribution in [3.8, 4) is 0 Å². The van der Waals surface area contributed by atoms with Crippen molar-refractivity contribution in [3.05, 3.63) is 12.4 Å². The van der Waals surface area contributed by atoms with Crippen LogP contribution in [0.1, 0.15) is 13.8 Å². The van der Waals surface area contributed by atoms with E-state index in [1.165, 1.54) is 16.7 Å². The highest BCUT2D eigenvalue weighted by Gasteiger charge is 2.24. The van der Waals surface area contributed by atoms with Crippen LogP contribution in [0.25, 0.3) is 0 Å². The Balaban J connectivity index is 2.88. The first-order valence-electron chi connectivity index (χ1n) is 5.21. The van der Waals surface area contributed by atoms with Crippen LogP contribution in [-0.4, -0.2) is 42.6 Å². The monoisotopic (exact) mass is 246 g/mol. The lowest BCUT2D eigenvalue weighted by molar-refractivity contribution is 0.371. The second-order valence-electron chi connectivity index (χ2n) is 3.73. The summed E-state index contributed by atoms with van der Waals surface area (Å²) in [4.78, 5) is 0.193. The van der Waals surface area contributed by atoms with Crippen molar-refractivity contribution in [1.29, 1.82) is 0 Å². The van der Waals surface area contributed by atoms with E-state index in [2.05, 4.69) is 10.2 Å². The molecule has 3 N–H and O–H groups in total. The number of aromatic nitrogens is 2. The molecule has 0 saturated carbocycles. The molecule has 1 aromatic rings. The molecule has 1 aromatic heterocycles. The SMILES string of the molecule is CCN(CC(C)CN)S(=O)(=O)c1cn[nH]c1. The summed E-state index contributed by atoms with van der Waals surface area (Å²) in [6.45, 7) is 5.06. The first-order chi connectivity index (χ1) is 7.52. The largest absolute Gasteiger partial charge is 0.330 e. The summed E-state index contributed by atoms with van der Waals surface area (Å²) in [5.41, 5.74) is 5.50. The maximum atomic E-state index is 12.1. The number of sulfonamides is 1. The number of aromatic amines is 1. The summed E-state index contributed by atoms with van der Waals surface area (Å²) in [6, 6.07) is 0. The number of hydrogen-bond acceptors (Lipinski definition) is 4. The van der Waals surface area contributed by atoms with Gasteiger partial charge in [-0.05, 0) is 12.5 Å². The van der Waals surface area contributed by atoms with Gasteiger partial charge in [0.05, 0.1) is 6.20 Å². The van der Waals surface area contributed by atoms with Gasteiger partial charge in [-0.25, -0.2) is 8.42 Å². The molecule has 16 heavy (non-hydrogen) atoms. The fourth-order valence-electron chi connectivity index (χ4n) is 1.35. The normalized spacial score (nSPS) is 14.2. The average molecular weight is 246 g/mol. The minimum atomic E-state index is -3.43. The van der Waals surface area contributed by atoms with E-state index in [-0.39, 0.29) is 10.8 Å². The smallest absolute Gasteiger partial charge is 0.246 e. The van der Waals surface area contributed by atoms with E-state index in [1.54, 1.807) is 6.92 Å². The van der Waals surface area contributed by atoms with Gasteiger partial charge in [0.15, 0.2) is 0 Å². The van der Waals surface area contributed by atoms with E-state index in [4.69, 9.17) is 5.73 Å². The molecular weight excluding hydrogens is 228 g/mol. The topological polar surface area (TPSA) is 92.1 Å². The maximum absolute atomic E-state index is 12.1. The first-order valence-corrected chi connectivity index (χ1v) is 6.65. The summed E-state index contributed by atoms with van der Waals surface area (Å²) < 4.78 is 25.6. The third kappa shape index (κ3) is 2.81. The zero-order valence-corrected chi connectivity index (χ0v) is 10.4. The van der Waals surface area contributed by atoms with Gasteiger partial charge in [-0.1, -0.05) is 13.8 Å². The summed E-state index contributed by atoms with van der Waals surface area (Å²) in [5, 5.41) is 6.15. The van der Waals surface area contributed by atoms with Crippen LogP contribution in [0.15, 0.2) is 17.3 Å². The molecule has 1 rings (SSSR count). The van der Waals surface area contributed by atoms with Crippen molar-refractivity contribution in [3.63, 3.8) is 0 Å². The number of hydrogen-bond donors (Lipinski definition) is 2. The van der Waals surface area contributed by atoms with Gasteiger partial charge in [0.25, 0.3) is 0 Å². The highest BCUT2D eigenvalue weighted by Crippen LogP contribution is 2.14. The number of H-pyrrole nitrogens is 1. The number of nitrogens with two attached hydrogens (primary N) is 1. The molecule has 0 aliphatic heterocycles. The van der Waals surface area contributed by atoms with Gasteiger partial charge in [0.1, 0.15) is 4.90 Å². The maximum Gasteiger partial charge on any atom is 0.246 e. The van der Waals surface area contributed by atoms with Crippen LogP contribution in [0.4, 0.5) is 0 Å². The minimum absolute atomic E-state index is 0.140. The average Bonchev–Trinajstić information content (AvgIpc) is 2.78. The fraction of sp³-hybridized carbons (Fsp3) is 0.667. The second kappa shape index (κ2) is 5.42. The first kappa shape index (κ1) is 13.1.